The van der Waals surface area contributed by atoms with Crippen LogP contribution in [0, 0.1) is 23.2 Å². The maximum Gasteiger partial charge on any atom is 0.227 e. The summed E-state index contributed by atoms with van der Waals surface area (Å²) in [6.45, 7) is 2.28. The number of carbonyl (C=O) groups excluding carboxylic acids is 2. The highest BCUT2D eigenvalue weighted by Gasteiger charge is 2.50. The van der Waals surface area contributed by atoms with E-state index < -0.39 is 0 Å². The summed E-state index contributed by atoms with van der Waals surface area (Å²) in [7, 11) is 0. The van der Waals surface area contributed by atoms with Crippen LogP contribution in [0.25, 0.3) is 0 Å². The van der Waals surface area contributed by atoms with E-state index in [2.05, 4.69) is 5.32 Å². The van der Waals surface area contributed by atoms with Crippen molar-refractivity contribution in [1.29, 1.82) is 0 Å². The fourth-order valence-electron chi connectivity index (χ4n) is 5.08. The summed E-state index contributed by atoms with van der Waals surface area (Å²) in [6, 6.07) is 0. The first kappa shape index (κ1) is 12.2. The number of rotatable bonds is 4. The highest BCUT2D eigenvalue weighted by atomic mass is 16.2. The summed E-state index contributed by atoms with van der Waals surface area (Å²) >= 11 is 0. The molecule has 4 aliphatic rings. The first-order valence-corrected chi connectivity index (χ1v) is 7.31. The van der Waals surface area contributed by atoms with Crippen molar-refractivity contribution in [3.8, 4) is 0 Å². The van der Waals surface area contributed by atoms with Crippen LogP contribution in [0.3, 0.4) is 0 Å². The van der Waals surface area contributed by atoms with Gasteiger partial charge < -0.3 is 5.32 Å². The van der Waals surface area contributed by atoms with Gasteiger partial charge in [-0.05, 0) is 68.6 Å². The molecule has 4 fully saturated rings. The van der Waals surface area contributed by atoms with Gasteiger partial charge in [-0.3, -0.25) is 9.59 Å². The maximum absolute atomic E-state index is 11.6. The van der Waals surface area contributed by atoms with Gasteiger partial charge in [-0.2, -0.15) is 0 Å². The first-order valence-electron chi connectivity index (χ1n) is 7.31. The summed E-state index contributed by atoms with van der Waals surface area (Å²) in [4.78, 5) is 22.5. The normalized spacial score (nSPS) is 40.8. The Labute approximate surface area is 109 Å². The van der Waals surface area contributed by atoms with E-state index in [4.69, 9.17) is 0 Å². The van der Waals surface area contributed by atoms with Crippen LogP contribution < -0.4 is 5.32 Å². The number of hydrogen-bond acceptors (Lipinski definition) is 2. The Kier molecular flexibility index (Phi) is 2.95. The summed E-state index contributed by atoms with van der Waals surface area (Å²) in [6.07, 6.45) is 8.26. The molecular formula is C15H23NO2. The van der Waals surface area contributed by atoms with E-state index >= 15 is 0 Å². The second kappa shape index (κ2) is 4.36. The van der Waals surface area contributed by atoms with Gasteiger partial charge >= 0.3 is 0 Å². The quantitative estimate of drug-likeness (QED) is 0.777. The molecule has 1 N–H and O–H groups in total. The van der Waals surface area contributed by atoms with E-state index in [0.717, 1.165) is 24.3 Å². The molecule has 0 atom stereocenters. The minimum Gasteiger partial charge on any atom is -0.355 e. The average Bonchev–Trinajstić information content (AvgIpc) is 2.23. The zero-order valence-corrected chi connectivity index (χ0v) is 11.2. The molecule has 0 spiro atoms. The lowest BCUT2D eigenvalue weighted by atomic mass is 9.49. The molecule has 0 aromatic carbocycles. The SMILES string of the molecule is CC(=O)CC(=O)NCC12CC3CC(CC(C3)C1)C2. The fraction of sp³-hybridized carbons (Fsp3) is 0.867. The molecule has 18 heavy (non-hydrogen) atoms. The fourth-order valence-corrected chi connectivity index (χ4v) is 5.08. The van der Waals surface area contributed by atoms with Gasteiger partial charge in [0.25, 0.3) is 0 Å². The van der Waals surface area contributed by atoms with Gasteiger partial charge in [0.05, 0.1) is 6.42 Å². The van der Waals surface area contributed by atoms with Gasteiger partial charge in [0, 0.05) is 6.54 Å². The molecule has 3 nitrogen and oxygen atoms in total. The third-order valence-corrected chi connectivity index (χ3v) is 5.24. The van der Waals surface area contributed by atoms with E-state index in [1.165, 1.54) is 45.4 Å². The molecular weight excluding hydrogens is 226 g/mol. The lowest BCUT2D eigenvalue weighted by molar-refractivity contribution is -0.128. The van der Waals surface area contributed by atoms with Gasteiger partial charge in [0.1, 0.15) is 5.78 Å². The minimum atomic E-state index is -0.0850. The summed E-state index contributed by atoms with van der Waals surface area (Å²) < 4.78 is 0. The van der Waals surface area contributed by atoms with Crippen LogP contribution >= 0.6 is 0 Å². The van der Waals surface area contributed by atoms with Crippen molar-refractivity contribution in [1.82, 2.24) is 5.32 Å². The van der Waals surface area contributed by atoms with Gasteiger partial charge in [-0.15, -0.1) is 0 Å². The molecule has 0 saturated heterocycles. The molecule has 0 unspecified atom stereocenters. The molecule has 0 radical (unpaired) electrons. The van der Waals surface area contributed by atoms with E-state index in [-0.39, 0.29) is 18.1 Å². The number of ketones is 1. The lowest BCUT2D eigenvalue weighted by Gasteiger charge is -2.56. The number of amides is 1. The Hall–Kier alpha value is -0.860. The van der Waals surface area contributed by atoms with Crippen LogP contribution in [-0.4, -0.2) is 18.2 Å². The van der Waals surface area contributed by atoms with E-state index in [9.17, 15) is 9.59 Å². The second-order valence-electron chi connectivity index (χ2n) is 7.07. The van der Waals surface area contributed by atoms with Crippen molar-refractivity contribution >= 4 is 11.7 Å². The molecule has 0 aliphatic heterocycles. The van der Waals surface area contributed by atoms with E-state index in [0.29, 0.717) is 5.41 Å². The van der Waals surface area contributed by atoms with Crippen LogP contribution in [0.2, 0.25) is 0 Å². The topological polar surface area (TPSA) is 46.2 Å². The maximum atomic E-state index is 11.6. The average molecular weight is 249 g/mol. The summed E-state index contributed by atoms with van der Waals surface area (Å²) in [5.74, 6) is 2.62. The zero-order chi connectivity index (χ0) is 12.8. The molecule has 4 saturated carbocycles. The first-order chi connectivity index (χ1) is 8.55. The predicted octanol–water partition coefficient (Wildman–Crippen LogP) is 2.30. The third-order valence-electron chi connectivity index (χ3n) is 5.24. The smallest absolute Gasteiger partial charge is 0.227 e. The van der Waals surface area contributed by atoms with Crippen LogP contribution in [0.5, 0.6) is 0 Å². The highest BCUT2D eigenvalue weighted by Crippen LogP contribution is 2.59. The summed E-state index contributed by atoms with van der Waals surface area (Å²) in [5, 5.41) is 3.01. The number of Topliss-reactive ketones (excluding diaryl/α,β-unsaturated/α-hetero) is 1. The third kappa shape index (κ3) is 2.32. The zero-order valence-electron chi connectivity index (χ0n) is 11.2. The molecule has 1 amide bonds. The Morgan fingerprint density at radius 1 is 1.06 bits per heavy atom. The highest BCUT2D eigenvalue weighted by molar-refractivity contribution is 5.96. The van der Waals surface area contributed by atoms with Crippen molar-refractivity contribution in [3.63, 3.8) is 0 Å². The molecule has 3 heteroatoms. The van der Waals surface area contributed by atoms with Gasteiger partial charge in [0.15, 0.2) is 0 Å². The molecule has 0 aromatic rings. The van der Waals surface area contributed by atoms with Gasteiger partial charge in [0.2, 0.25) is 5.91 Å². The van der Waals surface area contributed by atoms with Crippen molar-refractivity contribution in [2.75, 3.05) is 6.54 Å². The summed E-state index contributed by atoms with van der Waals surface area (Å²) in [5.41, 5.74) is 0.376. The Morgan fingerprint density at radius 3 is 2.00 bits per heavy atom. The van der Waals surface area contributed by atoms with Crippen molar-refractivity contribution < 1.29 is 9.59 Å². The van der Waals surface area contributed by atoms with E-state index in [1.807, 2.05) is 0 Å². The lowest BCUT2D eigenvalue weighted by Crippen LogP contribution is -2.51. The molecule has 4 rings (SSSR count). The molecule has 4 aliphatic carbocycles. The largest absolute Gasteiger partial charge is 0.355 e. The van der Waals surface area contributed by atoms with Gasteiger partial charge in [-0.25, -0.2) is 0 Å². The second-order valence-corrected chi connectivity index (χ2v) is 7.07. The minimum absolute atomic E-state index is 0.0435. The Balaban J connectivity index is 1.59. The van der Waals surface area contributed by atoms with Crippen molar-refractivity contribution in [2.45, 2.75) is 51.9 Å². The van der Waals surface area contributed by atoms with Crippen LogP contribution in [0.1, 0.15) is 51.9 Å². The van der Waals surface area contributed by atoms with Crippen LogP contribution in [-0.2, 0) is 9.59 Å². The molecule has 100 valence electrons. The molecule has 0 heterocycles. The monoisotopic (exact) mass is 249 g/mol. The van der Waals surface area contributed by atoms with Gasteiger partial charge in [-0.1, -0.05) is 0 Å². The predicted molar refractivity (Wildman–Crippen MR) is 68.9 cm³/mol. The molecule has 4 bridgehead atoms. The van der Waals surface area contributed by atoms with Crippen LogP contribution in [0.15, 0.2) is 0 Å². The molecule has 0 aromatic heterocycles. The number of carbonyl (C=O) groups is 2. The number of nitrogens with one attached hydrogen (secondary N) is 1. The van der Waals surface area contributed by atoms with Crippen molar-refractivity contribution in [3.05, 3.63) is 0 Å². The van der Waals surface area contributed by atoms with Crippen LogP contribution in [0.4, 0.5) is 0 Å². The standard InChI is InChI=1S/C15H23NO2/c1-10(17)2-14(18)16-9-15-6-11-3-12(7-15)5-13(4-11)8-15/h11-13H,2-9H2,1H3,(H,16,18). The van der Waals surface area contributed by atoms with Crippen molar-refractivity contribution in [2.24, 2.45) is 23.2 Å². The Bertz CT molecular complexity index is 339. The number of hydrogen-bond donors (Lipinski definition) is 1. The Morgan fingerprint density at radius 2 is 1.56 bits per heavy atom. The van der Waals surface area contributed by atoms with E-state index in [1.54, 1.807) is 0 Å².